The van der Waals surface area contributed by atoms with Gasteiger partial charge in [0, 0.05) is 31.7 Å². The lowest BCUT2D eigenvalue weighted by molar-refractivity contribution is -0.0580. The van der Waals surface area contributed by atoms with Gasteiger partial charge in [0.1, 0.15) is 0 Å². The minimum absolute atomic E-state index is 0.0341. The summed E-state index contributed by atoms with van der Waals surface area (Å²) in [4.78, 5) is 14.6. The Bertz CT molecular complexity index is 563. The van der Waals surface area contributed by atoms with Gasteiger partial charge in [0.25, 0.3) is 5.91 Å². The van der Waals surface area contributed by atoms with Gasteiger partial charge in [-0.1, -0.05) is 0 Å². The van der Waals surface area contributed by atoms with E-state index in [4.69, 9.17) is 9.47 Å². The Morgan fingerprint density at radius 3 is 3.09 bits per heavy atom. The lowest BCUT2D eigenvalue weighted by Gasteiger charge is -2.43. The standard InChI is InChI=1S/C17H23N3O3/c21-16(14-3-6-18-19-9-14)20-7-4-15-17(11-20,5-8-23-15)12-22-10-13-1-2-13/h3,6,9,13,15H,1-2,4-5,7-8,10-12H2/t15-,17+/m1/s1. The summed E-state index contributed by atoms with van der Waals surface area (Å²) in [5.74, 6) is 0.795. The molecule has 23 heavy (non-hydrogen) atoms. The van der Waals surface area contributed by atoms with E-state index in [-0.39, 0.29) is 17.4 Å². The normalized spacial score (nSPS) is 30.3. The van der Waals surface area contributed by atoms with Gasteiger partial charge < -0.3 is 14.4 Å². The van der Waals surface area contributed by atoms with Crippen LogP contribution >= 0.6 is 0 Å². The Kier molecular flexibility index (Phi) is 4.03. The van der Waals surface area contributed by atoms with Crippen LogP contribution in [0.5, 0.6) is 0 Å². The topological polar surface area (TPSA) is 64.6 Å². The first-order valence-corrected chi connectivity index (χ1v) is 8.52. The third kappa shape index (κ3) is 3.10. The number of amides is 1. The second kappa shape index (κ2) is 6.17. The number of fused-ring (bicyclic) bond motifs is 1. The van der Waals surface area contributed by atoms with Gasteiger partial charge in [-0.25, -0.2) is 0 Å². The summed E-state index contributed by atoms with van der Waals surface area (Å²) in [6.07, 6.45) is 7.78. The van der Waals surface area contributed by atoms with Crippen molar-refractivity contribution in [3.8, 4) is 0 Å². The van der Waals surface area contributed by atoms with E-state index in [1.54, 1.807) is 12.3 Å². The monoisotopic (exact) mass is 317 g/mol. The first kappa shape index (κ1) is 15.0. The van der Waals surface area contributed by atoms with E-state index in [2.05, 4.69) is 10.2 Å². The van der Waals surface area contributed by atoms with Crippen molar-refractivity contribution in [2.24, 2.45) is 11.3 Å². The van der Waals surface area contributed by atoms with Crippen LogP contribution < -0.4 is 0 Å². The van der Waals surface area contributed by atoms with Gasteiger partial charge in [0.05, 0.1) is 30.7 Å². The second-order valence-corrected chi connectivity index (χ2v) is 7.08. The molecule has 6 nitrogen and oxygen atoms in total. The molecule has 0 unspecified atom stereocenters. The molecule has 2 atom stereocenters. The maximum atomic E-state index is 12.7. The Hall–Kier alpha value is -1.53. The number of hydrogen-bond acceptors (Lipinski definition) is 5. The molecule has 1 saturated carbocycles. The molecular weight excluding hydrogens is 294 g/mol. The van der Waals surface area contributed by atoms with Crippen LogP contribution in [-0.4, -0.2) is 60.0 Å². The molecule has 0 spiro atoms. The number of piperidine rings is 1. The maximum absolute atomic E-state index is 12.7. The van der Waals surface area contributed by atoms with E-state index in [1.165, 1.54) is 19.0 Å². The average molecular weight is 317 g/mol. The first-order valence-electron chi connectivity index (χ1n) is 8.52. The van der Waals surface area contributed by atoms with Crippen LogP contribution in [0.4, 0.5) is 0 Å². The lowest BCUT2D eigenvalue weighted by atomic mass is 9.77. The summed E-state index contributed by atoms with van der Waals surface area (Å²) in [5, 5.41) is 7.56. The third-order valence-corrected chi connectivity index (χ3v) is 5.33. The van der Waals surface area contributed by atoms with E-state index in [0.29, 0.717) is 18.7 Å². The van der Waals surface area contributed by atoms with Gasteiger partial charge in [-0.2, -0.15) is 10.2 Å². The van der Waals surface area contributed by atoms with Gasteiger partial charge in [-0.15, -0.1) is 0 Å². The van der Waals surface area contributed by atoms with Crippen LogP contribution in [0.1, 0.15) is 36.0 Å². The van der Waals surface area contributed by atoms with Crippen molar-refractivity contribution in [1.82, 2.24) is 15.1 Å². The summed E-state index contributed by atoms with van der Waals surface area (Å²) in [5.41, 5.74) is 0.565. The zero-order valence-corrected chi connectivity index (χ0v) is 13.3. The molecule has 3 fully saturated rings. The van der Waals surface area contributed by atoms with Gasteiger partial charge in [-0.3, -0.25) is 4.79 Å². The summed E-state index contributed by atoms with van der Waals surface area (Å²) < 4.78 is 11.9. The number of carbonyl (C=O) groups is 1. The molecule has 3 heterocycles. The number of likely N-dealkylation sites (tertiary alicyclic amines) is 1. The molecule has 2 saturated heterocycles. The summed E-state index contributed by atoms with van der Waals surface area (Å²) in [6, 6.07) is 1.73. The number of hydrogen-bond donors (Lipinski definition) is 0. The number of aromatic nitrogens is 2. The molecule has 4 rings (SSSR count). The van der Waals surface area contributed by atoms with Crippen molar-refractivity contribution < 1.29 is 14.3 Å². The molecular formula is C17H23N3O3. The zero-order chi connectivity index (χ0) is 15.7. The molecule has 1 amide bonds. The zero-order valence-electron chi connectivity index (χ0n) is 13.3. The van der Waals surface area contributed by atoms with Crippen LogP contribution in [0.15, 0.2) is 18.5 Å². The Balaban J connectivity index is 1.45. The van der Waals surface area contributed by atoms with Crippen LogP contribution in [0.3, 0.4) is 0 Å². The molecule has 6 heteroatoms. The van der Waals surface area contributed by atoms with E-state index in [1.807, 2.05) is 4.90 Å². The summed E-state index contributed by atoms with van der Waals surface area (Å²) in [7, 11) is 0. The third-order valence-electron chi connectivity index (χ3n) is 5.33. The minimum atomic E-state index is -0.0384. The molecule has 1 aromatic rings. The lowest BCUT2D eigenvalue weighted by Crippen LogP contribution is -2.53. The van der Waals surface area contributed by atoms with Gasteiger partial charge in [0.2, 0.25) is 0 Å². The highest BCUT2D eigenvalue weighted by Crippen LogP contribution is 2.42. The van der Waals surface area contributed by atoms with Crippen molar-refractivity contribution in [1.29, 1.82) is 0 Å². The van der Waals surface area contributed by atoms with E-state index in [9.17, 15) is 4.79 Å². The highest BCUT2D eigenvalue weighted by Gasteiger charge is 2.49. The minimum Gasteiger partial charge on any atom is -0.380 e. The molecule has 3 aliphatic rings. The average Bonchev–Trinajstić information content (AvgIpc) is 3.32. The quantitative estimate of drug-likeness (QED) is 0.824. The van der Waals surface area contributed by atoms with Crippen LogP contribution in [0.25, 0.3) is 0 Å². The molecule has 0 N–H and O–H groups in total. The highest BCUT2D eigenvalue weighted by molar-refractivity contribution is 5.93. The van der Waals surface area contributed by atoms with Crippen molar-refractivity contribution in [3.05, 3.63) is 24.0 Å². The SMILES string of the molecule is O=C(c1ccnnc1)N1CC[C@H]2OCC[C@@]2(COCC2CC2)C1. The Morgan fingerprint density at radius 2 is 2.30 bits per heavy atom. The van der Waals surface area contributed by atoms with Crippen LogP contribution in [0, 0.1) is 11.3 Å². The fourth-order valence-electron chi connectivity index (χ4n) is 3.74. The molecule has 0 bridgehead atoms. The second-order valence-electron chi connectivity index (χ2n) is 7.08. The number of ether oxygens (including phenoxy) is 2. The largest absolute Gasteiger partial charge is 0.380 e. The van der Waals surface area contributed by atoms with Crippen LogP contribution in [-0.2, 0) is 9.47 Å². The number of carbonyl (C=O) groups excluding carboxylic acids is 1. The predicted molar refractivity (Wildman–Crippen MR) is 82.9 cm³/mol. The van der Waals surface area contributed by atoms with Crippen molar-refractivity contribution in [2.75, 3.05) is 32.9 Å². The van der Waals surface area contributed by atoms with Crippen molar-refractivity contribution in [2.45, 2.75) is 31.8 Å². The first-order chi connectivity index (χ1) is 11.3. The predicted octanol–water partition coefficient (Wildman–Crippen LogP) is 1.52. The Morgan fingerprint density at radius 1 is 1.39 bits per heavy atom. The molecule has 1 aromatic heterocycles. The van der Waals surface area contributed by atoms with Crippen LogP contribution in [0.2, 0.25) is 0 Å². The molecule has 1 aliphatic carbocycles. The summed E-state index contributed by atoms with van der Waals surface area (Å²) in [6.45, 7) is 3.78. The molecule has 0 aromatic carbocycles. The fraction of sp³-hybridized carbons (Fsp3) is 0.706. The summed E-state index contributed by atoms with van der Waals surface area (Å²) >= 11 is 0. The fourth-order valence-corrected chi connectivity index (χ4v) is 3.74. The maximum Gasteiger partial charge on any atom is 0.255 e. The van der Waals surface area contributed by atoms with Gasteiger partial charge in [-0.05, 0) is 37.7 Å². The van der Waals surface area contributed by atoms with E-state index < -0.39 is 0 Å². The van der Waals surface area contributed by atoms with E-state index in [0.717, 1.165) is 38.5 Å². The van der Waals surface area contributed by atoms with Gasteiger partial charge >= 0.3 is 0 Å². The smallest absolute Gasteiger partial charge is 0.255 e. The number of nitrogens with zero attached hydrogens (tertiary/aromatic N) is 3. The van der Waals surface area contributed by atoms with Gasteiger partial charge in [0.15, 0.2) is 0 Å². The molecule has 0 radical (unpaired) electrons. The Labute approximate surface area is 136 Å². The molecule has 2 aliphatic heterocycles. The highest BCUT2D eigenvalue weighted by atomic mass is 16.5. The molecule has 124 valence electrons. The van der Waals surface area contributed by atoms with Crippen molar-refractivity contribution in [3.63, 3.8) is 0 Å². The van der Waals surface area contributed by atoms with E-state index >= 15 is 0 Å². The number of rotatable bonds is 5. The van der Waals surface area contributed by atoms with Crippen molar-refractivity contribution >= 4 is 5.91 Å².